The van der Waals surface area contributed by atoms with Crippen molar-refractivity contribution in [3.05, 3.63) is 27.9 Å². The zero-order chi connectivity index (χ0) is 14.3. The SMILES string of the molecule is Cc1cn([C@@H]2O[C@H](C)[C@@H](O)[C@H]2O)c(=O)c(C(N)=O)n1. The van der Waals surface area contributed by atoms with Gasteiger partial charge in [-0.3, -0.25) is 14.2 Å². The molecule has 1 aliphatic heterocycles. The number of hydrogen-bond donors (Lipinski definition) is 3. The lowest BCUT2D eigenvalue weighted by atomic mass is 10.1. The molecule has 0 saturated carbocycles. The molecule has 2 rings (SSSR count). The van der Waals surface area contributed by atoms with Crippen LogP contribution in [-0.2, 0) is 4.74 Å². The van der Waals surface area contributed by atoms with Crippen molar-refractivity contribution in [2.24, 2.45) is 5.73 Å². The Morgan fingerprint density at radius 2 is 2.11 bits per heavy atom. The molecule has 0 bridgehead atoms. The summed E-state index contributed by atoms with van der Waals surface area (Å²) in [4.78, 5) is 26.9. The molecular formula is C11H15N3O5. The Bertz CT molecular complexity index is 570. The third kappa shape index (κ3) is 2.25. The summed E-state index contributed by atoms with van der Waals surface area (Å²) in [6.07, 6.45) is -2.74. The van der Waals surface area contributed by atoms with Crippen LogP contribution in [0.3, 0.4) is 0 Å². The van der Waals surface area contributed by atoms with Crippen LogP contribution < -0.4 is 11.3 Å². The normalized spacial score (nSPS) is 30.5. The lowest BCUT2D eigenvalue weighted by Crippen LogP contribution is -2.38. The molecule has 0 radical (unpaired) electrons. The van der Waals surface area contributed by atoms with Crippen molar-refractivity contribution < 1.29 is 19.7 Å². The first-order chi connectivity index (χ1) is 8.82. The van der Waals surface area contributed by atoms with Gasteiger partial charge in [0.25, 0.3) is 11.5 Å². The van der Waals surface area contributed by atoms with Gasteiger partial charge in [0.1, 0.15) is 12.2 Å². The van der Waals surface area contributed by atoms with E-state index in [0.717, 1.165) is 4.57 Å². The van der Waals surface area contributed by atoms with Gasteiger partial charge < -0.3 is 20.7 Å². The van der Waals surface area contributed by atoms with E-state index in [1.807, 2.05) is 0 Å². The highest BCUT2D eigenvalue weighted by Gasteiger charge is 2.42. The van der Waals surface area contributed by atoms with Crippen molar-refractivity contribution in [2.45, 2.75) is 38.4 Å². The molecule has 19 heavy (non-hydrogen) atoms. The minimum absolute atomic E-state index is 0.373. The fourth-order valence-electron chi connectivity index (χ4n) is 2.04. The number of carbonyl (C=O) groups excluding carboxylic acids is 1. The highest BCUT2D eigenvalue weighted by molar-refractivity contribution is 5.90. The highest BCUT2D eigenvalue weighted by atomic mass is 16.6. The molecule has 4 N–H and O–H groups in total. The first kappa shape index (κ1) is 13.7. The maximum absolute atomic E-state index is 12.0. The summed E-state index contributed by atoms with van der Waals surface area (Å²) in [5.74, 6) is -0.955. The van der Waals surface area contributed by atoms with Gasteiger partial charge >= 0.3 is 0 Å². The van der Waals surface area contributed by atoms with Gasteiger partial charge in [-0.15, -0.1) is 0 Å². The van der Waals surface area contributed by atoms with E-state index in [9.17, 15) is 19.8 Å². The maximum Gasteiger partial charge on any atom is 0.284 e. The third-order valence-corrected chi connectivity index (χ3v) is 3.04. The van der Waals surface area contributed by atoms with Crippen molar-refractivity contribution in [1.82, 2.24) is 9.55 Å². The van der Waals surface area contributed by atoms with Gasteiger partial charge in [-0.2, -0.15) is 0 Å². The second-order valence-electron chi connectivity index (χ2n) is 4.52. The average molecular weight is 269 g/mol. The number of hydrogen-bond acceptors (Lipinski definition) is 6. The van der Waals surface area contributed by atoms with E-state index in [2.05, 4.69) is 4.98 Å². The number of carbonyl (C=O) groups is 1. The van der Waals surface area contributed by atoms with Crippen LogP contribution in [0.15, 0.2) is 11.0 Å². The summed E-state index contributed by atoms with van der Waals surface area (Å²) in [6.45, 7) is 3.14. The van der Waals surface area contributed by atoms with Crippen molar-refractivity contribution in [2.75, 3.05) is 0 Å². The quantitative estimate of drug-likeness (QED) is 0.586. The Morgan fingerprint density at radius 1 is 1.47 bits per heavy atom. The molecule has 8 heteroatoms. The Balaban J connectivity index is 2.52. The fraction of sp³-hybridized carbons (Fsp3) is 0.545. The van der Waals surface area contributed by atoms with Gasteiger partial charge in [-0.05, 0) is 13.8 Å². The molecule has 1 saturated heterocycles. The molecule has 0 aromatic carbocycles. The van der Waals surface area contributed by atoms with Crippen molar-refractivity contribution in [3.8, 4) is 0 Å². The zero-order valence-corrected chi connectivity index (χ0v) is 10.5. The van der Waals surface area contributed by atoms with Crippen LogP contribution in [0.25, 0.3) is 0 Å². The summed E-state index contributed by atoms with van der Waals surface area (Å²) in [6, 6.07) is 0. The van der Waals surface area contributed by atoms with Crippen LogP contribution >= 0.6 is 0 Å². The number of ether oxygens (including phenoxy) is 1. The van der Waals surface area contributed by atoms with Gasteiger partial charge in [0.05, 0.1) is 11.8 Å². The summed E-state index contributed by atoms with van der Waals surface area (Å²) in [5, 5.41) is 19.5. The third-order valence-electron chi connectivity index (χ3n) is 3.04. The molecular weight excluding hydrogens is 254 g/mol. The number of amides is 1. The number of aliphatic hydroxyl groups is 2. The number of primary amides is 1. The number of nitrogens with zero attached hydrogens (tertiary/aromatic N) is 2. The molecule has 4 atom stereocenters. The van der Waals surface area contributed by atoms with Crippen molar-refractivity contribution in [1.29, 1.82) is 0 Å². The van der Waals surface area contributed by atoms with Gasteiger partial charge in [0, 0.05) is 6.20 Å². The molecule has 1 fully saturated rings. The smallest absolute Gasteiger partial charge is 0.284 e. The second-order valence-corrected chi connectivity index (χ2v) is 4.52. The number of rotatable bonds is 2. The molecule has 104 valence electrons. The summed E-state index contributed by atoms with van der Waals surface area (Å²) >= 11 is 0. The Hall–Kier alpha value is -1.77. The van der Waals surface area contributed by atoms with Crippen LogP contribution in [0.4, 0.5) is 0 Å². The van der Waals surface area contributed by atoms with Crippen LogP contribution in [0, 0.1) is 6.92 Å². The molecule has 1 aromatic heterocycles. The van der Waals surface area contributed by atoms with E-state index in [-0.39, 0.29) is 0 Å². The first-order valence-electron chi connectivity index (χ1n) is 5.74. The lowest BCUT2D eigenvalue weighted by molar-refractivity contribution is -0.0346. The van der Waals surface area contributed by atoms with Crippen molar-refractivity contribution >= 4 is 5.91 Å². The lowest BCUT2D eigenvalue weighted by Gasteiger charge is -2.18. The minimum atomic E-state index is -1.27. The minimum Gasteiger partial charge on any atom is -0.388 e. The molecule has 1 aromatic rings. The van der Waals surface area contributed by atoms with E-state index in [1.165, 1.54) is 6.20 Å². The molecule has 2 heterocycles. The molecule has 1 amide bonds. The first-order valence-corrected chi connectivity index (χ1v) is 5.74. The molecule has 8 nitrogen and oxygen atoms in total. The van der Waals surface area contributed by atoms with Crippen LogP contribution in [0.5, 0.6) is 0 Å². The highest BCUT2D eigenvalue weighted by Crippen LogP contribution is 2.28. The van der Waals surface area contributed by atoms with Gasteiger partial charge in [0.15, 0.2) is 11.9 Å². The standard InChI is InChI=1S/C11H15N3O5/c1-4-3-14(10(18)6(13-4)9(12)17)11-8(16)7(15)5(2)19-11/h3,5,7-8,11,15-16H,1-2H3,(H2,12,17)/t5-,7-,8-,11-/m1/s1. The van der Waals surface area contributed by atoms with Crippen LogP contribution in [0.1, 0.15) is 29.3 Å². The molecule has 0 spiro atoms. The number of aromatic nitrogens is 2. The zero-order valence-electron chi connectivity index (χ0n) is 10.5. The van der Waals surface area contributed by atoms with Crippen molar-refractivity contribution in [3.63, 3.8) is 0 Å². The molecule has 0 aliphatic carbocycles. The molecule has 0 unspecified atom stereocenters. The average Bonchev–Trinajstić information content (AvgIpc) is 2.59. The summed E-state index contributed by atoms with van der Waals surface area (Å²) < 4.78 is 6.35. The topological polar surface area (TPSA) is 128 Å². The van der Waals surface area contributed by atoms with E-state index >= 15 is 0 Å². The van der Waals surface area contributed by atoms with E-state index in [4.69, 9.17) is 10.5 Å². The predicted octanol–water partition coefficient (Wildman–Crippen LogP) is -1.71. The number of aliphatic hydroxyl groups excluding tert-OH is 2. The molecule has 1 aliphatic rings. The van der Waals surface area contributed by atoms with Crippen LogP contribution in [-0.4, -0.2) is 44.0 Å². The second kappa shape index (κ2) is 4.72. The summed E-state index contributed by atoms with van der Waals surface area (Å²) in [5.41, 5.74) is 4.26. The Morgan fingerprint density at radius 3 is 2.58 bits per heavy atom. The number of aryl methyl sites for hydroxylation is 1. The Labute approximate surface area is 108 Å². The Kier molecular flexibility index (Phi) is 3.40. The number of nitrogens with two attached hydrogens (primary N) is 1. The monoisotopic (exact) mass is 269 g/mol. The van der Waals surface area contributed by atoms with E-state index < -0.39 is 41.7 Å². The van der Waals surface area contributed by atoms with E-state index in [0.29, 0.717) is 5.69 Å². The largest absolute Gasteiger partial charge is 0.388 e. The fourth-order valence-corrected chi connectivity index (χ4v) is 2.04. The van der Waals surface area contributed by atoms with Gasteiger partial charge in [0.2, 0.25) is 0 Å². The van der Waals surface area contributed by atoms with Crippen LogP contribution in [0.2, 0.25) is 0 Å². The van der Waals surface area contributed by atoms with E-state index in [1.54, 1.807) is 13.8 Å². The predicted molar refractivity (Wildman–Crippen MR) is 63.3 cm³/mol. The van der Waals surface area contributed by atoms with Gasteiger partial charge in [-0.25, -0.2) is 4.98 Å². The summed E-state index contributed by atoms with van der Waals surface area (Å²) in [7, 11) is 0. The maximum atomic E-state index is 12.0. The van der Waals surface area contributed by atoms with Gasteiger partial charge in [-0.1, -0.05) is 0 Å².